The van der Waals surface area contributed by atoms with Gasteiger partial charge < -0.3 is 16.2 Å². The fourth-order valence-electron chi connectivity index (χ4n) is 0.453. The standard InChI is InChI=1S/C6H14N2O2.2ClH/c1-3-10-6(9)5(8)4(2)7;;/h4-5H,3,7-8H2,1-2H3;2*1H. The summed E-state index contributed by atoms with van der Waals surface area (Å²) in [6.45, 7) is 3.74. The zero-order chi connectivity index (χ0) is 8.15. The molecule has 0 aliphatic carbocycles. The van der Waals surface area contributed by atoms with Crippen LogP contribution in [0, 0.1) is 0 Å². The minimum absolute atomic E-state index is 0. The fraction of sp³-hybridized carbons (Fsp3) is 0.833. The number of halogens is 2. The monoisotopic (exact) mass is 218 g/mol. The van der Waals surface area contributed by atoms with Crippen molar-refractivity contribution < 1.29 is 9.53 Å². The lowest BCUT2D eigenvalue weighted by atomic mass is 10.2. The van der Waals surface area contributed by atoms with Gasteiger partial charge in [0.05, 0.1) is 6.61 Å². The second kappa shape index (κ2) is 9.06. The van der Waals surface area contributed by atoms with Gasteiger partial charge in [-0.2, -0.15) is 0 Å². The second-order valence-electron chi connectivity index (χ2n) is 2.14. The maximum atomic E-state index is 10.8. The van der Waals surface area contributed by atoms with E-state index in [2.05, 4.69) is 4.74 Å². The predicted octanol–water partition coefficient (Wildman–Crippen LogP) is 0.0676. The van der Waals surface area contributed by atoms with E-state index in [1.165, 1.54) is 0 Å². The number of hydrogen-bond donors (Lipinski definition) is 2. The lowest BCUT2D eigenvalue weighted by Crippen LogP contribution is -2.46. The zero-order valence-electron chi connectivity index (χ0n) is 7.15. The SMILES string of the molecule is CCOC(=O)C(N)C(C)N.Cl.Cl. The van der Waals surface area contributed by atoms with Crippen LogP contribution in [-0.2, 0) is 9.53 Å². The van der Waals surface area contributed by atoms with Gasteiger partial charge >= 0.3 is 5.97 Å². The van der Waals surface area contributed by atoms with E-state index in [0.29, 0.717) is 6.61 Å². The van der Waals surface area contributed by atoms with Crippen molar-refractivity contribution in [1.82, 2.24) is 0 Å². The third kappa shape index (κ3) is 6.67. The van der Waals surface area contributed by atoms with Gasteiger partial charge in [-0.3, -0.25) is 4.79 Å². The molecule has 4 N–H and O–H groups in total. The van der Waals surface area contributed by atoms with Crippen LogP contribution in [0.15, 0.2) is 0 Å². The van der Waals surface area contributed by atoms with E-state index < -0.39 is 12.0 Å². The molecule has 0 saturated carbocycles. The molecule has 4 nitrogen and oxygen atoms in total. The molecule has 0 aliphatic rings. The fourth-order valence-corrected chi connectivity index (χ4v) is 0.453. The van der Waals surface area contributed by atoms with Crippen molar-refractivity contribution in [2.45, 2.75) is 25.9 Å². The molecule has 0 aliphatic heterocycles. The maximum absolute atomic E-state index is 10.8. The number of nitrogens with two attached hydrogens (primary N) is 2. The van der Waals surface area contributed by atoms with E-state index in [-0.39, 0.29) is 30.9 Å². The van der Waals surface area contributed by atoms with Gasteiger partial charge in [-0.1, -0.05) is 0 Å². The van der Waals surface area contributed by atoms with Crippen molar-refractivity contribution in [3.63, 3.8) is 0 Å². The highest BCUT2D eigenvalue weighted by atomic mass is 35.5. The predicted molar refractivity (Wildman–Crippen MR) is 52.8 cm³/mol. The van der Waals surface area contributed by atoms with Crippen molar-refractivity contribution in [1.29, 1.82) is 0 Å². The molecule has 0 aromatic rings. The van der Waals surface area contributed by atoms with Crippen LogP contribution >= 0.6 is 24.8 Å². The Bertz CT molecular complexity index is 122. The minimum atomic E-state index is -0.694. The smallest absolute Gasteiger partial charge is 0.324 e. The van der Waals surface area contributed by atoms with E-state index in [1.54, 1.807) is 13.8 Å². The number of carbonyl (C=O) groups is 1. The summed E-state index contributed by atoms with van der Waals surface area (Å²) in [5.74, 6) is -0.433. The minimum Gasteiger partial charge on any atom is -0.465 e. The van der Waals surface area contributed by atoms with Gasteiger partial charge in [0.25, 0.3) is 0 Å². The van der Waals surface area contributed by atoms with Gasteiger partial charge in [0.15, 0.2) is 0 Å². The van der Waals surface area contributed by atoms with Crippen LogP contribution in [0.3, 0.4) is 0 Å². The average molecular weight is 219 g/mol. The summed E-state index contributed by atoms with van der Waals surface area (Å²) in [6.07, 6.45) is 0. The van der Waals surface area contributed by atoms with Gasteiger partial charge in [-0.15, -0.1) is 24.8 Å². The molecule has 0 amide bonds. The van der Waals surface area contributed by atoms with Gasteiger partial charge in [-0.25, -0.2) is 0 Å². The Hall–Kier alpha value is -0.0300. The van der Waals surface area contributed by atoms with Gasteiger partial charge in [0.1, 0.15) is 6.04 Å². The number of carbonyl (C=O) groups excluding carboxylic acids is 1. The van der Waals surface area contributed by atoms with Crippen LogP contribution in [0.1, 0.15) is 13.8 Å². The van der Waals surface area contributed by atoms with Gasteiger partial charge in [0.2, 0.25) is 0 Å². The average Bonchev–Trinajstić information content (AvgIpc) is 1.87. The Morgan fingerprint density at radius 2 is 1.83 bits per heavy atom. The summed E-state index contributed by atoms with van der Waals surface area (Å²) in [5, 5.41) is 0. The molecule has 12 heavy (non-hydrogen) atoms. The lowest BCUT2D eigenvalue weighted by Gasteiger charge is -2.12. The highest BCUT2D eigenvalue weighted by Crippen LogP contribution is 1.89. The highest BCUT2D eigenvalue weighted by molar-refractivity contribution is 5.85. The Balaban J connectivity index is -0.000000405. The number of ether oxygens (including phenoxy) is 1. The van der Waals surface area contributed by atoms with Crippen molar-refractivity contribution in [3.05, 3.63) is 0 Å². The summed E-state index contributed by atoms with van der Waals surface area (Å²) in [5.41, 5.74) is 10.7. The Morgan fingerprint density at radius 1 is 1.42 bits per heavy atom. The first-order valence-corrected chi connectivity index (χ1v) is 3.27. The van der Waals surface area contributed by atoms with E-state index in [1.807, 2.05) is 0 Å². The largest absolute Gasteiger partial charge is 0.465 e. The topological polar surface area (TPSA) is 78.3 Å². The van der Waals surface area contributed by atoms with Crippen LogP contribution in [0.4, 0.5) is 0 Å². The number of esters is 1. The van der Waals surface area contributed by atoms with E-state index >= 15 is 0 Å². The first kappa shape index (κ1) is 17.9. The van der Waals surface area contributed by atoms with E-state index in [9.17, 15) is 4.79 Å². The number of rotatable bonds is 3. The molecule has 0 radical (unpaired) electrons. The second-order valence-corrected chi connectivity index (χ2v) is 2.14. The van der Waals surface area contributed by atoms with Gasteiger partial charge in [0, 0.05) is 6.04 Å². The molecule has 0 saturated heterocycles. The van der Waals surface area contributed by atoms with Crippen molar-refractivity contribution in [2.24, 2.45) is 11.5 Å². The molecule has 0 heterocycles. The molecule has 0 aromatic heterocycles. The summed E-state index contributed by atoms with van der Waals surface area (Å²) >= 11 is 0. The summed E-state index contributed by atoms with van der Waals surface area (Å²) < 4.78 is 4.62. The highest BCUT2D eigenvalue weighted by Gasteiger charge is 2.17. The first-order valence-electron chi connectivity index (χ1n) is 3.27. The van der Waals surface area contributed by atoms with Crippen LogP contribution in [0.5, 0.6) is 0 Å². The maximum Gasteiger partial charge on any atom is 0.324 e. The molecular formula is C6H16Cl2N2O2. The summed E-state index contributed by atoms with van der Waals surface area (Å²) in [7, 11) is 0. The molecule has 0 aromatic carbocycles. The Morgan fingerprint density at radius 3 is 2.08 bits per heavy atom. The summed E-state index contributed by atoms with van der Waals surface area (Å²) in [6, 6.07) is -1.04. The van der Waals surface area contributed by atoms with Crippen LogP contribution in [-0.4, -0.2) is 24.7 Å². The van der Waals surface area contributed by atoms with Crippen LogP contribution in [0.2, 0.25) is 0 Å². The molecule has 2 unspecified atom stereocenters. The van der Waals surface area contributed by atoms with E-state index in [0.717, 1.165) is 0 Å². The molecule has 76 valence electrons. The Labute approximate surface area is 84.8 Å². The van der Waals surface area contributed by atoms with Crippen molar-refractivity contribution >= 4 is 30.8 Å². The zero-order valence-corrected chi connectivity index (χ0v) is 8.78. The molecule has 6 heteroatoms. The molecule has 0 spiro atoms. The molecular weight excluding hydrogens is 203 g/mol. The first-order chi connectivity index (χ1) is 4.59. The third-order valence-electron chi connectivity index (χ3n) is 1.13. The third-order valence-corrected chi connectivity index (χ3v) is 1.13. The van der Waals surface area contributed by atoms with Crippen LogP contribution in [0.25, 0.3) is 0 Å². The van der Waals surface area contributed by atoms with Crippen molar-refractivity contribution in [2.75, 3.05) is 6.61 Å². The number of hydrogen-bond acceptors (Lipinski definition) is 4. The lowest BCUT2D eigenvalue weighted by molar-refractivity contribution is -0.145. The normalized spacial score (nSPS) is 13.3. The quantitative estimate of drug-likeness (QED) is 0.658. The molecule has 0 bridgehead atoms. The van der Waals surface area contributed by atoms with Crippen molar-refractivity contribution in [3.8, 4) is 0 Å². The molecule has 0 fully saturated rings. The summed E-state index contributed by atoms with van der Waals surface area (Å²) in [4.78, 5) is 10.8. The Kier molecular flexibility index (Phi) is 13.5. The van der Waals surface area contributed by atoms with Crippen LogP contribution < -0.4 is 11.5 Å². The van der Waals surface area contributed by atoms with Gasteiger partial charge in [-0.05, 0) is 13.8 Å². The molecule has 2 atom stereocenters. The molecule has 0 rings (SSSR count). The van der Waals surface area contributed by atoms with E-state index in [4.69, 9.17) is 11.5 Å².